The average molecular weight is 475 g/mol. The van der Waals surface area contributed by atoms with Gasteiger partial charge >= 0.3 is 5.97 Å². The second-order valence-corrected chi connectivity index (χ2v) is 8.52. The third-order valence-corrected chi connectivity index (χ3v) is 6.15. The summed E-state index contributed by atoms with van der Waals surface area (Å²) in [6, 6.07) is 18.1. The third kappa shape index (κ3) is 5.22. The number of anilines is 1. The first kappa shape index (κ1) is 24.1. The zero-order valence-corrected chi connectivity index (χ0v) is 19.4. The molecule has 0 unspecified atom stereocenters. The number of nitrogen functional groups attached to an aromatic ring is 1. The molecule has 1 heterocycles. The van der Waals surface area contributed by atoms with Crippen molar-refractivity contribution in [2.24, 2.45) is 10.7 Å². The van der Waals surface area contributed by atoms with Crippen LogP contribution in [-0.4, -0.2) is 30.9 Å². The molecule has 7 nitrogen and oxygen atoms in total. The van der Waals surface area contributed by atoms with Crippen molar-refractivity contribution in [3.8, 4) is 16.9 Å². The molecule has 1 saturated heterocycles. The van der Waals surface area contributed by atoms with Gasteiger partial charge in [0.05, 0.1) is 22.5 Å². The van der Waals surface area contributed by atoms with Crippen LogP contribution in [0.4, 0.5) is 10.1 Å². The van der Waals surface area contributed by atoms with Gasteiger partial charge in [-0.1, -0.05) is 30.3 Å². The predicted octanol–water partition coefficient (Wildman–Crippen LogP) is 4.70. The fourth-order valence-electron chi connectivity index (χ4n) is 4.19. The summed E-state index contributed by atoms with van der Waals surface area (Å²) in [7, 11) is 0. The Balaban J connectivity index is 1.56. The summed E-state index contributed by atoms with van der Waals surface area (Å²) in [5.74, 6) is -0.173. The van der Waals surface area contributed by atoms with Crippen LogP contribution < -0.4 is 16.2 Å². The number of halogens is 1. The van der Waals surface area contributed by atoms with Gasteiger partial charge in [0.2, 0.25) is 0 Å². The van der Waals surface area contributed by atoms with Crippen molar-refractivity contribution < 1.29 is 18.7 Å². The van der Waals surface area contributed by atoms with Gasteiger partial charge in [-0.3, -0.25) is 5.41 Å². The molecule has 0 saturated carbocycles. The van der Waals surface area contributed by atoms with Gasteiger partial charge in [0.1, 0.15) is 11.7 Å². The van der Waals surface area contributed by atoms with Gasteiger partial charge in [0.15, 0.2) is 5.75 Å². The van der Waals surface area contributed by atoms with E-state index >= 15 is 0 Å². The summed E-state index contributed by atoms with van der Waals surface area (Å²) in [5, 5.41) is 8.56. The summed E-state index contributed by atoms with van der Waals surface area (Å²) >= 11 is 0. The van der Waals surface area contributed by atoms with Gasteiger partial charge < -0.3 is 20.9 Å². The zero-order valence-electron chi connectivity index (χ0n) is 19.4. The molecule has 3 aromatic rings. The molecule has 0 spiro atoms. The second-order valence-electron chi connectivity index (χ2n) is 8.52. The molecule has 5 N–H and O–H groups in total. The van der Waals surface area contributed by atoms with E-state index in [9.17, 15) is 9.18 Å². The minimum absolute atomic E-state index is 0.182. The van der Waals surface area contributed by atoms with E-state index in [1.807, 2.05) is 12.1 Å². The SMILES string of the molecule is CC(N)=NC(=N)C1(c2ccc(C(=O)Oc3cc(-c4ccc(F)cc4)ccc3N)cc2)CCOCC1. The molecule has 180 valence electrons. The summed E-state index contributed by atoms with van der Waals surface area (Å²) in [5.41, 5.74) is 14.2. The van der Waals surface area contributed by atoms with E-state index in [1.54, 1.807) is 49.4 Å². The molecule has 0 bridgehead atoms. The Morgan fingerprint density at radius 1 is 1.03 bits per heavy atom. The molecule has 35 heavy (non-hydrogen) atoms. The van der Waals surface area contributed by atoms with Crippen molar-refractivity contribution in [1.29, 1.82) is 5.41 Å². The molecule has 4 rings (SSSR count). The number of nitrogens with two attached hydrogens (primary N) is 2. The first-order valence-electron chi connectivity index (χ1n) is 11.2. The van der Waals surface area contributed by atoms with E-state index < -0.39 is 11.4 Å². The van der Waals surface area contributed by atoms with Crippen molar-refractivity contribution in [2.75, 3.05) is 18.9 Å². The molecular weight excluding hydrogens is 447 g/mol. The van der Waals surface area contributed by atoms with Crippen molar-refractivity contribution in [2.45, 2.75) is 25.2 Å². The second kappa shape index (κ2) is 10.1. The summed E-state index contributed by atoms with van der Waals surface area (Å²) in [4.78, 5) is 17.1. The lowest BCUT2D eigenvalue weighted by Crippen LogP contribution is -2.41. The maximum absolute atomic E-state index is 13.3. The highest BCUT2D eigenvalue weighted by Gasteiger charge is 2.39. The summed E-state index contributed by atoms with van der Waals surface area (Å²) in [6.45, 7) is 2.67. The number of amidine groups is 2. The maximum atomic E-state index is 13.3. The minimum atomic E-state index is -0.630. The number of carbonyl (C=O) groups excluding carboxylic acids is 1. The van der Waals surface area contributed by atoms with E-state index in [-0.39, 0.29) is 17.4 Å². The van der Waals surface area contributed by atoms with Gasteiger partial charge in [0, 0.05) is 13.2 Å². The lowest BCUT2D eigenvalue weighted by molar-refractivity contribution is 0.0701. The molecule has 0 radical (unpaired) electrons. The lowest BCUT2D eigenvalue weighted by atomic mass is 9.73. The molecule has 1 fully saturated rings. The molecule has 1 aliphatic heterocycles. The topological polar surface area (TPSA) is 124 Å². The number of rotatable bonds is 5. The Bertz CT molecular complexity index is 1260. The van der Waals surface area contributed by atoms with Gasteiger partial charge in [0.25, 0.3) is 0 Å². The van der Waals surface area contributed by atoms with E-state index in [2.05, 4.69) is 4.99 Å². The number of benzene rings is 3. The number of aliphatic imine (C=N–C) groups is 1. The maximum Gasteiger partial charge on any atom is 0.343 e. The summed E-state index contributed by atoms with van der Waals surface area (Å²) in [6.07, 6.45) is 1.19. The van der Waals surface area contributed by atoms with Gasteiger partial charge in [-0.25, -0.2) is 14.2 Å². The van der Waals surface area contributed by atoms with Gasteiger partial charge in [-0.2, -0.15) is 0 Å². The first-order chi connectivity index (χ1) is 16.8. The fraction of sp³-hybridized carbons (Fsp3) is 0.222. The van der Waals surface area contributed by atoms with Crippen LogP contribution in [0.15, 0.2) is 71.7 Å². The van der Waals surface area contributed by atoms with Crippen LogP contribution in [0.25, 0.3) is 11.1 Å². The molecule has 3 aromatic carbocycles. The van der Waals surface area contributed by atoms with E-state index in [0.29, 0.717) is 43.1 Å². The van der Waals surface area contributed by atoms with Crippen molar-refractivity contribution in [3.05, 3.63) is 83.7 Å². The highest BCUT2D eigenvalue weighted by atomic mass is 19.1. The van der Waals surface area contributed by atoms with Crippen LogP contribution in [0.1, 0.15) is 35.7 Å². The molecule has 8 heteroatoms. The van der Waals surface area contributed by atoms with Crippen LogP contribution in [-0.2, 0) is 10.2 Å². The molecule has 0 aliphatic carbocycles. The fourth-order valence-corrected chi connectivity index (χ4v) is 4.19. The van der Waals surface area contributed by atoms with Crippen molar-refractivity contribution in [1.82, 2.24) is 0 Å². The van der Waals surface area contributed by atoms with Gasteiger partial charge in [-0.15, -0.1) is 0 Å². The Hall–Kier alpha value is -4.04. The Morgan fingerprint density at radius 3 is 2.29 bits per heavy atom. The largest absolute Gasteiger partial charge is 0.421 e. The van der Waals surface area contributed by atoms with Crippen LogP contribution in [0.3, 0.4) is 0 Å². The normalized spacial score (nSPS) is 15.4. The van der Waals surface area contributed by atoms with Crippen molar-refractivity contribution in [3.63, 3.8) is 0 Å². The molecule has 0 atom stereocenters. The van der Waals surface area contributed by atoms with Crippen LogP contribution in [0, 0.1) is 11.2 Å². The predicted molar refractivity (Wildman–Crippen MR) is 134 cm³/mol. The monoisotopic (exact) mass is 474 g/mol. The van der Waals surface area contributed by atoms with Crippen molar-refractivity contribution >= 4 is 23.3 Å². The highest BCUT2D eigenvalue weighted by Crippen LogP contribution is 2.37. The number of esters is 1. The average Bonchev–Trinajstić information content (AvgIpc) is 2.86. The minimum Gasteiger partial charge on any atom is -0.421 e. The van der Waals surface area contributed by atoms with Crippen LogP contribution in [0.2, 0.25) is 0 Å². The first-order valence-corrected chi connectivity index (χ1v) is 11.2. The Morgan fingerprint density at radius 2 is 1.66 bits per heavy atom. The Kier molecular flexibility index (Phi) is 6.93. The van der Waals surface area contributed by atoms with Crippen LogP contribution >= 0.6 is 0 Å². The standard InChI is InChI=1S/C27H27FN4O3/c1-17(29)32-26(31)27(12-14-34-15-13-27)21-7-2-19(3-8-21)25(33)35-24-16-20(6-11-23(24)30)18-4-9-22(28)10-5-18/h2-11,16H,12-15,30H2,1H3,(H3,29,31,32). The van der Waals surface area contributed by atoms with Crippen LogP contribution in [0.5, 0.6) is 5.75 Å². The number of nitrogens with one attached hydrogen (secondary N) is 1. The number of hydrogen-bond acceptors (Lipinski definition) is 5. The quantitative estimate of drug-likeness (QED) is 0.163. The molecular formula is C27H27FN4O3. The summed E-state index contributed by atoms with van der Waals surface area (Å²) < 4.78 is 24.4. The van der Waals surface area contributed by atoms with Gasteiger partial charge in [-0.05, 0) is 72.9 Å². The number of nitrogens with zero attached hydrogens (tertiary/aromatic N) is 1. The molecule has 1 aliphatic rings. The molecule has 0 aromatic heterocycles. The Labute approximate surface area is 203 Å². The molecule has 0 amide bonds. The van der Waals surface area contributed by atoms with E-state index in [1.165, 1.54) is 12.1 Å². The van der Waals surface area contributed by atoms with E-state index in [0.717, 1.165) is 16.7 Å². The third-order valence-electron chi connectivity index (χ3n) is 6.15. The van der Waals surface area contributed by atoms with E-state index in [4.69, 9.17) is 26.4 Å². The smallest absolute Gasteiger partial charge is 0.343 e. The number of hydrogen-bond donors (Lipinski definition) is 3. The number of carbonyl (C=O) groups is 1. The highest BCUT2D eigenvalue weighted by molar-refractivity contribution is 6.00. The number of ether oxygens (including phenoxy) is 2. The zero-order chi connectivity index (χ0) is 25.0. The lowest BCUT2D eigenvalue weighted by Gasteiger charge is -2.36.